The van der Waals surface area contributed by atoms with Crippen molar-refractivity contribution in [1.29, 1.82) is 0 Å². The molecule has 0 spiro atoms. The first-order valence-corrected chi connectivity index (χ1v) is 8.16. The van der Waals surface area contributed by atoms with Crippen LogP contribution in [0.3, 0.4) is 0 Å². The summed E-state index contributed by atoms with van der Waals surface area (Å²) in [6.07, 6.45) is 4.74. The van der Waals surface area contributed by atoms with Gasteiger partial charge in [0.05, 0.1) is 11.8 Å². The van der Waals surface area contributed by atoms with E-state index in [1.165, 1.54) is 6.26 Å². The molecule has 1 aliphatic heterocycles. The van der Waals surface area contributed by atoms with Crippen molar-refractivity contribution >= 4 is 28.2 Å². The van der Waals surface area contributed by atoms with E-state index in [1.54, 1.807) is 0 Å². The molecule has 18 heavy (non-hydrogen) atoms. The highest BCUT2D eigenvalue weighted by Gasteiger charge is 2.21. The maximum atomic E-state index is 11.8. The highest BCUT2D eigenvalue weighted by atomic mass is 35.5. The van der Waals surface area contributed by atoms with Crippen molar-refractivity contribution in [3.05, 3.63) is 0 Å². The summed E-state index contributed by atoms with van der Waals surface area (Å²) in [6, 6.07) is -0.203. The molecule has 0 aromatic heterocycles. The van der Waals surface area contributed by atoms with Gasteiger partial charge in [0.25, 0.3) is 0 Å². The Morgan fingerprint density at radius 3 is 2.61 bits per heavy atom. The number of amides is 1. The predicted octanol–water partition coefficient (Wildman–Crippen LogP) is 0.490. The molecule has 0 bridgehead atoms. The average molecular weight is 299 g/mol. The van der Waals surface area contributed by atoms with Gasteiger partial charge in [0.2, 0.25) is 5.91 Å². The number of rotatable bonds is 5. The molecule has 0 radical (unpaired) electrons. The van der Waals surface area contributed by atoms with Gasteiger partial charge in [-0.25, -0.2) is 8.42 Å². The molecule has 2 N–H and O–H groups in total. The molecule has 0 aromatic rings. The number of carbonyl (C=O) groups is 1. The summed E-state index contributed by atoms with van der Waals surface area (Å²) in [7, 11) is -2.95. The van der Waals surface area contributed by atoms with Crippen molar-refractivity contribution in [2.24, 2.45) is 0 Å². The Morgan fingerprint density at radius 1 is 1.44 bits per heavy atom. The van der Waals surface area contributed by atoms with Crippen LogP contribution in [0.5, 0.6) is 0 Å². The van der Waals surface area contributed by atoms with E-state index >= 15 is 0 Å². The lowest BCUT2D eigenvalue weighted by atomic mass is 10.0. The molecule has 108 valence electrons. The molecule has 2 unspecified atom stereocenters. The van der Waals surface area contributed by atoms with Crippen molar-refractivity contribution < 1.29 is 13.2 Å². The molecule has 0 saturated carbocycles. The zero-order valence-electron chi connectivity index (χ0n) is 10.9. The van der Waals surface area contributed by atoms with Gasteiger partial charge >= 0.3 is 0 Å². The lowest BCUT2D eigenvalue weighted by Gasteiger charge is -2.24. The zero-order valence-corrected chi connectivity index (χ0v) is 12.6. The highest BCUT2D eigenvalue weighted by molar-refractivity contribution is 7.90. The number of hydrogen-bond acceptors (Lipinski definition) is 4. The SMILES string of the molecule is CC(CCS(C)(=O)=O)NC(=O)C1CCCCN1.Cl. The number of piperidine rings is 1. The number of halogens is 1. The Hall–Kier alpha value is -0.330. The molecular formula is C11H23ClN2O3S. The van der Waals surface area contributed by atoms with Crippen molar-refractivity contribution in [2.45, 2.75) is 44.7 Å². The Labute approximate surface area is 115 Å². The molecule has 0 aliphatic carbocycles. The maximum absolute atomic E-state index is 11.8. The average Bonchev–Trinajstić information content (AvgIpc) is 2.27. The lowest BCUT2D eigenvalue weighted by Crippen LogP contribution is -2.49. The zero-order chi connectivity index (χ0) is 12.9. The van der Waals surface area contributed by atoms with Gasteiger partial charge in [-0.15, -0.1) is 12.4 Å². The molecule has 1 fully saturated rings. The lowest BCUT2D eigenvalue weighted by molar-refractivity contribution is -0.124. The third-order valence-electron chi connectivity index (χ3n) is 2.94. The van der Waals surface area contributed by atoms with E-state index in [4.69, 9.17) is 0 Å². The molecule has 7 heteroatoms. The second-order valence-electron chi connectivity index (χ2n) is 4.83. The smallest absolute Gasteiger partial charge is 0.237 e. The summed E-state index contributed by atoms with van der Waals surface area (Å²) in [4.78, 5) is 11.8. The Kier molecular flexibility index (Phi) is 7.82. The van der Waals surface area contributed by atoms with Crippen molar-refractivity contribution in [3.63, 3.8) is 0 Å². The van der Waals surface area contributed by atoms with Crippen molar-refractivity contribution in [1.82, 2.24) is 10.6 Å². The molecule has 2 atom stereocenters. The minimum absolute atomic E-state index is 0. The summed E-state index contributed by atoms with van der Waals surface area (Å²) < 4.78 is 22.0. The summed E-state index contributed by atoms with van der Waals surface area (Å²) in [6.45, 7) is 2.72. The molecular weight excluding hydrogens is 276 g/mol. The summed E-state index contributed by atoms with van der Waals surface area (Å²) in [5.74, 6) is 0.109. The third-order valence-corrected chi connectivity index (χ3v) is 3.91. The van der Waals surface area contributed by atoms with E-state index < -0.39 is 9.84 Å². The van der Waals surface area contributed by atoms with Gasteiger partial charge in [-0.1, -0.05) is 6.42 Å². The highest BCUT2D eigenvalue weighted by Crippen LogP contribution is 2.07. The fourth-order valence-electron chi connectivity index (χ4n) is 1.88. The van der Waals surface area contributed by atoms with Crippen LogP contribution in [0.1, 0.15) is 32.6 Å². The maximum Gasteiger partial charge on any atom is 0.237 e. The van der Waals surface area contributed by atoms with Gasteiger partial charge in [-0.2, -0.15) is 0 Å². The van der Waals surface area contributed by atoms with E-state index in [2.05, 4.69) is 10.6 Å². The van der Waals surface area contributed by atoms with Gasteiger partial charge < -0.3 is 10.6 Å². The molecule has 1 aliphatic rings. The van der Waals surface area contributed by atoms with E-state index in [9.17, 15) is 13.2 Å². The quantitative estimate of drug-likeness (QED) is 0.774. The molecule has 1 heterocycles. The van der Waals surface area contributed by atoms with E-state index in [0.717, 1.165) is 25.8 Å². The van der Waals surface area contributed by atoms with E-state index in [1.807, 2.05) is 6.92 Å². The predicted molar refractivity (Wildman–Crippen MR) is 74.8 cm³/mol. The first-order chi connectivity index (χ1) is 7.88. The van der Waals surface area contributed by atoms with Gasteiger partial charge in [-0.05, 0) is 32.7 Å². The van der Waals surface area contributed by atoms with E-state index in [-0.39, 0.29) is 36.2 Å². The minimum atomic E-state index is -2.95. The molecule has 1 saturated heterocycles. The topological polar surface area (TPSA) is 75.3 Å². The fourth-order valence-corrected chi connectivity index (χ4v) is 2.66. The Morgan fingerprint density at radius 2 is 2.11 bits per heavy atom. The number of hydrogen-bond donors (Lipinski definition) is 2. The first kappa shape index (κ1) is 17.7. The molecule has 0 aromatic carbocycles. The van der Waals surface area contributed by atoms with Gasteiger partial charge in [0.1, 0.15) is 9.84 Å². The minimum Gasteiger partial charge on any atom is -0.352 e. The van der Waals surface area contributed by atoms with Crippen LogP contribution >= 0.6 is 12.4 Å². The van der Waals surface area contributed by atoms with Gasteiger partial charge in [0.15, 0.2) is 0 Å². The van der Waals surface area contributed by atoms with Crippen molar-refractivity contribution in [3.8, 4) is 0 Å². The molecule has 5 nitrogen and oxygen atoms in total. The van der Waals surface area contributed by atoms with Crippen molar-refractivity contribution in [2.75, 3.05) is 18.6 Å². The standard InChI is InChI=1S/C11H22N2O3S.ClH/c1-9(6-8-17(2,15)16)13-11(14)10-5-3-4-7-12-10;/h9-10,12H,3-8H2,1-2H3,(H,13,14);1H. The monoisotopic (exact) mass is 298 g/mol. The first-order valence-electron chi connectivity index (χ1n) is 6.10. The van der Waals surface area contributed by atoms with Crippen LogP contribution in [0.25, 0.3) is 0 Å². The van der Waals surface area contributed by atoms with Crippen LogP contribution in [-0.2, 0) is 14.6 Å². The number of nitrogens with one attached hydrogen (secondary N) is 2. The summed E-state index contributed by atoms with van der Waals surface area (Å²) in [5, 5.41) is 6.02. The van der Waals surface area contributed by atoms with Crippen LogP contribution in [-0.4, -0.2) is 45.0 Å². The second kappa shape index (κ2) is 7.96. The molecule has 1 amide bonds. The summed E-state index contributed by atoms with van der Waals surface area (Å²) in [5.41, 5.74) is 0. The van der Waals surface area contributed by atoms with Crippen LogP contribution in [0.2, 0.25) is 0 Å². The number of carbonyl (C=O) groups excluding carboxylic acids is 1. The van der Waals surface area contributed by atoms with Crippen LogP contribution < -0.4 is 10.6 Å². The van der Waals surface area contributed by atoms with Crippen LogP contribution in [0.15, 0.2) is 0 Å². The van der Waals surface area contributed by atoms with E-state index in [0.29, 0.717) is 6.42 Å². The fraction of sp³-hybridized carbons (Fsp3) is 0.909. The van der Waals surface area contributed by atoms with Crippen LogP contribution in [0.4, 0.5) is 0 Å². The Bertz CT molecular complexity index is 353. The third kappa shape index (κ3) is 7.18. The van der Waals surface area contributed by atoms with Gasteiger partial charge in [-0.3, -0.25) is 4.79 Å². The molecule has 1 rings (SSSR count). The van der Waals surface area contributed by atoms with Gasteiger partial charge in [0, 0.05) is 12.3 Å². The normalized spacial score (nSPS) is 21.8. The second-order valence-corrected chi connectivity index (χ2v) is 7.09. The Balaban J connectivity index is 0.00000289. The summed E-state index contributed by atoms with van der Waals surface area (Å²) >= 11 is 0. The largest absolute Gasteiger partial charge is 0.352 e. The number of sulfone groups is 1. The van der Waals surface area contributed by atoms with Crippen LogP contribution in [0, 0.1) is 0 Å².